The Morgan fingerprint density at radius 2 is 0.542 bits per heavy atom. The van der Waals surface area contributed by atoms with Gasteiger partial charge in [-0.3, -0.25) is 0 Å². The zero-order valence-corrected chi connectivity index (χ0v) is 83.0. The molecule has 7 aliphatic rings. The first kappa shape index (κ1) is 82.2. The second kappa shape index (κ2) is 28.3. The van der Waals surface area contributed by atoms with Crippen LogP contribution in [0.15, 0.2) is 400 Å². The van der Waals surface area contributed by atoms with Crippen LogP contribution in [0.1, 0.15) is 150 Å². The fourth-order valence-electron chi connectivity index (χ4n) is 29.8. The lowest BCUT2D eigenvalue weighted by atomic mass is 9.67. The van der Waals surface area contributed by atoms with Crippen LogP contribution in [0.3, 0.4) is 0 Å². The van der Waals surface area contributed by atoms with Crippen molar-refractivity contribution >= 4 is 168 Å². The van der Waals surface area contributed by atoms with Crippen molar-refractivity contribution in [3.8, 4) is 83.6 Å². The number of rotatable bonds is 2. The highest BCUT2D eigenvalue weighted by atomic mass is 15.2. The van der Waals surface area contributed by atoms with Gasteiger partial charge in [0.15, 0.2) is 0 Å². The van der Waals surface area contributed by atoms with Gasteiger partial charge in [0.2, 0.25) is 0 Å². The number of hydrogen-bond acceptors (Lipinski definition) is 1. The van der Waals surface area contributed by atoms with Gasteiger partial charge in [0.05, 0.1) is 22.4 Å². The maximum Gasteiger partial charge on any atom is 0.0620 e. The molecule has 0 fully saturated rings. The van der Waals surface area contributed by atoms with Gasteiger partial charge >= 0.3 is 0 Å². The van der Waals surface area contributed by atoms with Crippen LogP contribution < -0.4 is 4.90 Å². The number of fused-ring (bicyclic) bond motifs is 27. The van der Waals surface area contributed by atoms with E-state index < -0.39 is 0 Å². The Hall–Kier alpha value is -16.5. The largest absolute Gasteiger partial charge is 0.309 e. The highest BCUT2D eigenvalue weighted by molar-refractivity contribution is 6.38. The van der Waals surface area contributed by atoms with Gasteiger partial charge in [-0.15, -0.1) is 0 Å². The van der Waals surface area contributed by atoms with E-state index in [1.807, 2.05) is 0 Å². The summed E-state index contributed by atoms with van der Waals surface area (Å²) in [6, 6.07) is 151. The standard InChI is InChI=1S/C40H24N2.3C34H26/c1-3-11-27(12-4-1)41-34-17-9-7-15-29(34)32-23-26-24-33-30-16-8-10-18-35(30)42(28-13-5-2-6-14-28)40(33)31-21-19-25-20-22-36(41)39(32)38(25)37(26)31;1-33(2)26-14-7-5-11-20(26)24-18-25-29-23(31(24)33)17-16-19-10-9-13-22(28(19)29)30-21-12-6-8-15-27(21)34(3,4)32(25)30;1-33(2)26-11-7-5-9-21(26)24-17-20-18-25-22-10-6-8-12-27(22)34(3,4)32(25)23-15-13-19-14-16-28(33)31(24)30(19)29(20)23;1-33(2)25-11-7-5-9-21(25)23-18-24-29-20(14-13-19-15-16-27(33)32(23)30(19)29)17-28-31(24)22-10-6-8-12-26(22)34(28,3)4/h1-24H;3*5-18H,1-4H3. The van der Waals surface area contributed by atoms with Crippen LogP contribution in [0.2, 0.25) is 0 Å². The average Bonchev–Trinajstić information content (AvgIpc) is 1.36. The van der Waals surface area contributed by atoms with E-state index in [1.165, 1.54) is 318 Å². The van der Waals surface area contributed by atoms with Gasteiger partial charge in [0.1, 0.15) is 0 Å². The van der Waals surface area contributed by atoms with Crippen LogP contribution in [0.5, 0.6) is 0 Å². The third kappa shape index (κ3) is 10.4. The summed E-state index contributed by atoms with van der Waals surface area (Å²) in [4.78, 5) is 2.44. The molecule has 0 saturated carbocycles. The molecule has 0 saturated heterocycles. The van der Waals surface area contributed by atoms with Crippen molar-refractivity contribution in [2.75, 3.05) is 4.90 Å². The van der Waals surface area contributed by atoms with Crippen LogP contribution in [0.4, 0.5) is 17.1 Å². The maximum absolute atomic E-state index is 2.55. The molecule has 0 spiro atoms. The molecule has 0 unspecified atom stereocenters. The molecule has 680 valence electrons. The first-order chi connectivity index (χ1) is 70.0. The molecule has 144 heavy (non-hydrogen) atoms. The highest BCUT2D eigenvalue weighted by Gasteiger charge is 2.47. The van der Waals surface area contributed by atoms with Gasteiger partial charge in [-0.2, -0.15) is 0 Å². The molecule has 26 aromatic carbocycles. The summed E-state index contributed by atoms with van der Waals surface area (Å²) in [5.74, 6) is 0. The summed E-state index contributed by atoms with van der Waals surface area (Å²) in [6.07, 6.45) is 0. The number of benzene rings is 26. The summed E-state index contributed by atoms with van der Waals surface area (Å²) in [5, 5.41) is 35.8. The van der Waals surface area contributed by atoms with E-state index >= 15 is 0 Å². The minimum Gasteiger partial charge on any atom is -0.309 e. The lowest BCUT2D eigenvalue weighted by molar-refractivity contribution is 0.645. The normalized spacial score (nSPS) is 15.5. The predicted octanol–water partition coefficient (Wildman–Crippen LogP) is 38.7. The first-order valence-electron chi connectivity index (χ1n) is 51.7. The van der Waals surface area contributed by atoms with Gasteiger partial charge < -0.3 is 9.47 Å². The molecule has 1 aromatic heterocycles. The first-order valence-corrected chi connectivity index (χ1v) is 51.7. The minimum atomic E-state index is -0.0452. The van der Waals surface area contributed by atoms with E-state index in [1.54, 1.807) is 0 Å². The maximum atomic E-state index is 2.55. The van der Waals surface area contributed by atoms with Gasteiger partial charge in [0, 0.05) is 76.4 Å². The van der Waals surface area contributed by atoms with Crippen LogP contribution >= 0.6 is 0 Å². The molecule has 2 heteroatoms. The number of aromatic nitrogens is 1. The number of para-hydroxylation sites is 4. The Morgan fingerprint density at radius 3 is 1.15 bits per heavy atom. The molecule has 1 aliphatic heterocycles. The van der Waals surface area contributed by atoms with Crippen LogP contribution in [0, 0.1) is 0 Å². The number of anilines is 3. The summed E-state index contributed by atoms with van der Waals surface area (Å²) >= 11 is 0. The Kier molecular flexibility index (Phi) is 16.1. The molecule has 0 radical (unpaired) electrons. The molecule has 0 bridgehead atoms. The van der Waals surface area contributed by atoms with Crippen molar-refractivity contribution in [2.45, 2.75) is 116 Å². The van der Waals surface area contributed by atoms with Crippen molar-refractivity contribution in [1.29, 1.82) is 0 Å². The van der Waals surface area contributed by atoms with E-state index in [0.29, 0.717) is 0 Å². The Balaban J connectivity index is 0.0000000880. The summed E-state index contributed by atoms with van der Waals surface area (Å²) in [5.41, 5.74) is 44.1. The molecule has 6 aliphatic carbocycles. The van der Waals surface area contributed by atoms with Crippen molar-refractivity contribution in [3.05, 3.63) is 467 Å². The molecular formula is C142H102N2. The van der Waals surface area contributed by atoms with Gasteiger partial charge in [-0.1, -0.05) is 399 Å². The number of hydrogen-bond donors (Lipinski definition) is 0. The monoisotopic (exact) mass is 1830 g/mol. The minimum absolute atomic E-state index is 0.00132. The fourth-order valence-corrected chi connectivity index (χ4v) is 29.8. The Labute approximate surface area is 837 Å². The summed E-state index contributed by atoms with van der Waals surface area (Å²) < 4.78 is 2.45. The SMILES string of the molecule is CC1(C)c2ccccc2-c2c1cc1ccc3ccc4c5c(cc2c1c35)-c1ccccc1C4(C)C.CC1(C)c2ccccc2-c2cc3c4c(c5cccc6ccc(c21)c3c65)-c1ccccc1C4(C)C.CC1(C)c2ccccc2-c2cc3cc4c5c(ccc6ccc(c21)c3c65)C(C)(C)c1ccccc1-4.c1ccc(N2c3ccccc3-c3cc4cc5c6ccccc6n(-c6ccccc6)c5c5ccc6ccc2c3c6c45)cc1. The molecular weight excluding hydrogens is 1730 g/mol. The van der Waals surface area contributed by atoms with Gasteiger partial charge in [-0.05, 0) is 337 Å². The van der Waals surface area contributed by atoms with E-state index in [0.717, 1.165) is 0 Å². The summed E-state index contributed by atoms with van der Waals surface area (Å²) in [7, 11) is 0. The Morgan fingerprint density at radius 1 is 0.160 bits per heavy atom. The molecule has 0 atom stereocenters. The number of nitrogens with zero attached hydrogens (tertiary/aromatic N) is 2. The third-order valence-electron chi connectivity index (χ3n) is 36.1. The van der Waals surface area contributed by atoms with Crippen LogP contribution in [-0.4, -0.2) is 4.57 Å². The Bertz CT molecular complexity index is 10400. The van der Waals surface area contributed by atoms with E-state index in [2.05, 4.69) is 493 Å². The predicted molar refractivity (Wildman–Crippen MR) is 614 cm³/mol. The van der Waals surface area contributed by atoms with Crippen molar-refractivity contribution in [2.24, 2.45) is 0 Å². The van der Waals surface area contributed by atoms with Crippen molar-refractivity contribution in [1.82, 2.24) is 4.57 Å². The molecule has 0 amide bonds. The van der Waals surface area contributed by atoms with Crippen molar-refractivity contribution in [3.63, 3.8) is 0 Å². The van der Waals surface area contributed by atoms with E-state index in [-0.39, 0.29) is 32.5 Å². The zero-order valence-electron chi connectivity index (χ0n) is 83.0. The van der Waals surface area contributed by atoms with Crippen molar-refractivity contribution < 1.29 is 0 Å². The van der Waals surface area contributed by atoms with Crippen LogP contribution in [0.25, 0.3) is 235 Å². The lowest BCUT2D eigenvalue weighted by Gasteiger charge is -2.36. The topological polar surface area (TPSA) is 8.17 Å². The van der Waals surface area contributed by atoms with Gasteiger partial charge in [-0.25, -0.2) is 0 Å². The molecule has 2 heterocycles. The molecule has 2 nitrogen and oxygen atoms in total. The quantitative estimate of drug-likeness (QED) is 0.157. The van der Waals surface area contributed by atoms with E-state index in [4.69, 9.17) is 0 Å². The molecule has 27 aromatic rings. The van der Waals surface area contributed by atoms with Gasteiger partial charge in [0.25, 0.3) is 0 Å². The lowest BCUT2D eigenvalue weighted by Crippen LogP contribution is -2.23. The molecule has 34 rings (SSSR count). The average molecular weight is 1840 g/mol. The highest BCUT2D eigenvalue weighted by Crippen LogP contribution is 2.65. The fraction of sp³-hybridized carbons (Fsp3) is 0.127. The smallest absolute Gasteiger partial charge is 0.0620 e. The second-order valence-electron chi connectivity index (χ2n) is 45.4. The zero-order chi connectivity index (χ0) is 96.3. The molecule has 0 N–H and O–H groups in total. The van der Waals surface area contributed by atoms with Crippen LogP contribution in [-0.2, 0) is 32.5 Å². The third-order valence-corrected chi connectivity index (χ3v) is 36.1. The second-order valence-corrected chi connectivity index (χ2v) is 45.4. The summed E-state index contributed by atoms with van der Waals surface area (Å²) in [6.45, 7) is 28.7. The van der Waals surface area contributed by atoms with E-state index in [9.17, 15) is 0 Å².